The molecule has 92 valence electrons. The maximum atomic E-state index is 9.92. The van der Waals surface area contributed by atoms with Crippen LogP contribution >= 0.6 is 0 Å². The largest absolute Gasteiger partial charge is 0.387 e. The van der Waals surface area contributed by atoms with Gasteiger partial charge in [0.2, 0.25) is 0 Å². The smallest absolute Gasteiger partial charge is 0.0991 e. The summed E-state index contributed by atoms with van der Waals surface area (Å²) in [6.45, 7) is 5.81. The van der Waals surface area contributed by atoms with Gasteiger partial charge in [-0.2, -0.15) is 5.26 Å². The summed E-state index contributed by atoms with van der Waals surface area (Å²) in [5, 5.41) is 21.8. The van der Waals surface area contributed by atoms with Crippen molar-refractivity contribution in [2.45, 2.75) is 26.4 Å². The quantitative estimate of drug-likeness (QED) is 0.790. The van der Waals surface area contributed by atoms with E-state index in [1.807, 2.05) is 0 Å². The van der Waals surface area contributed by atoms with Crippen LogP contribution in [0.3, 0.4) is 0 Å². The molecular weight excluding hydrogens is 212 g/mol. The van der Waals surface area contributed by atoms with E-state index < -0.39 is 6.10 Å². The van der Waals surface area contributed by atoms with E-state index in [1.165, 1.54) is 0 Å². The first-order valence-electron chi connectivity index (χ1n) is 6.06. The standard InChI is InChI=1S/C14H20N2O/c1-3-11(2)9-16-10-14(17)13-6-4-12(8-15)5-7-13/h4-7,11,14,16-17H,3,9-10H2,1-2H3. The molecule has 0 spiro atoms. The highest BCUT2D eigenvalue weighted by molar-refractivity contribution is 5.32. The van der Waals surface area contributed by atoms with Gasteiger partial charge in [-0.3, -0.25) is 0 Å². The highest BCUT2D eigenvalue weighted by atomic mass is 16.3. The first-order chi connectivity index (χ1) is 8.17. The van der Waals surface area contributed by atoms with Gasteiger partial charge in [-0.1, -0.05) is 32.4 Å². The zero-order chi connectivity index (χ0) is 12.7. The molecule has 3 nitrogen and oxygen atoms in total. The molecular formula is C14H20N2O. The van der Waals surface area contributed by atoms with Crippen LogP contribution in [0.5, 0.6) is 0 Å². The van der Waals surface area contributed by atoms with E-state index in [0.29, 0.717) is 18.0 Å². The average Bonchev–Trinajstić information content (AvgIpc) is 2.38. The number of hydrogen-bond acceptors (Lipinski definition) is 3. The fourth-order valence-electron chi connectivity index (χ4n) is 1.51. The summed E-state index contributed by atoms with van der Waals surface area (Å²) in [6, 6.07) is 9.12. The molecule has 0 radical (unpaired) electrons. The summed E-state index contributed by atoms with van der Waals surface area (Å²) in [7, 11) is 0. The van der Waals surface area contributed by atoms with Gasteiger partial charge < -0.3 is 10.4 Å². The second-order valence-electron chi connectivity index (χ2n) is 4.42. The molecule has 0 saturated heterocycles. The van der Waals surface area contributed by atoms with E-state index in [2.05, 4.69) is 25.2 Å². The molecule has 0 aliphatic rings. The maximum absolute atomic E-state index is 9.92. The number of aliphatic hydroxyl groups excluding tert-OH is 1. The lowest BCUT2D eigenvalue weighted by molar-refractivity contribution is 0.173. The molecule has 17 heavy (non-hydrogen) atoms. The lowest BCUT2D eigenvalue weighted by Crippen LogP contribution is -2.26. The second kappa shape index (κ2) is 7.05. The van der Waals surface area contributed by atoms with Gasteiger partial charge in [-0.25, -0.2) is 0 Å². The number of hydrogen-bond donors (Lipinski definition) is 2. The van der Waals surface area contributed by atoms with Crippen LogP contribution in [0, 0.1) is 17.2 Å². The molecule has 0 bridgehead atoms. The number of nitrogens with one attached hydrogen (secondary N) is 1. The van der Waals surface area contributed by atoms with E-state index in [9.17, 15) is 5.11 Å². The van der Waals surface area contributed by atoms with Crippen LogP contribution in [0.25, 0.3) is 0 Å². The van der Waals surface area contributed by atoms with E-state index in [-0.39, 0.29) is 0 Å². The van der Waals surface area contributed by atoms with Crippen molar-refractivity contribution < 1.29 is 5.11 Å². The summed E-state index contributed by atoms with van der Waals surface area (Å²) in [6.07, 6.45) is 0.631. The Morgan fingerprint density at radius 2 is 1.94 bits per heavy atom. The fourth-order valence-corrected chi connectivity index (χ4v) is 1.51. The third-order valence-electron chi connectivity index (χ3n) is 2.95. The zero-order valence-electron chi connectivity index (χ0n) is 10.5. The zero-order valence-corrected chi connectivity index (χ0v) is 10.5. The van der Waals surface area contributed by atoms with Crippen molar-refractivity contribution >= 4 is 0 Å². The third-order valence-corrected chi connectivity index (χ3v) is 2.95. The van der Waals surface area contributed by atoms with E-state index >= 15 is 0 Å². The number of nitrogens with zero attached hydrogens (tertiary/aromatic N) is 1. The van der Waals surface area contributed by atoms with Crippen molar-refractivity contribution in [1.82, 2.24) is 5.32 Å². The molecule has 3 heteroatoms. The average molecular weight is 232 g/mol. The lowest BCUT2D eigenvalue weighted by atomic mass is 10.1. The molecule has 0 aliphatic carbocycles. The number of rotatable bonds is 6. The Morgan fingerprint density at radius 3 is 2.47 bits per heavy atom. The number of aliphatic hydroxyl groups is 1. The first-order valence-corrected chi connectivity index (χ1v) is 6.06. The molecule has 0 aliphatic heterocycles. The van der Waals surface area contributed by atoms with Crippen LogP contribution in [-0.4, -0.2) is 18.2 Å². The minimum absolute atomic E-state index is 0.508. The maximum Gasteiger partial charge on any atom is 0.0991 e. The van der Waals surface area contributed by atoms with Gasteiger partial charge in [0.25, 0.3) is 0 Å². The van der Waals surface area contributed by atoms with Gasteiger partial charge in [0, 0.05) is 6.54 Å². The van der Waals surface area contributed by atoms with Crippen molar-refractivity contribution in [3.05, 3.63) is 35.4 Å². The van der Waals surface area contributed by atoms with Gasteiger partial charge in [-0.15, -0.1) is 0 Å². The van der Waals surface area contributed by atoms with E-state index in [0.717, 1.165) is 18.5 Å². The molecule has 2 unspecified atom stereocenters. The lowest BCUT2D eigenvalue weighted by Gasteiger charge is -2.14. The van der Waals surface area contributed by atoms with Crippen molar-refractivity contribution in [2.75, 3.05) is 13.1 Å². The van der Waals surface area contributed by atoms with Crippen LogP contribution in [-0.2, 0) is 0 Å². The van der Waals surface area contributed by atoms with Crippen LogP contribution in [0.4, 0.5) is 0 Å². The molecule has 0 fully saturated rings. The third kappa shape index (κ3) is 4.56. The Labute approximate surface area is 103 Å². The van der Waals surface area contributed by atoms with Crippen molar-refractivity contribution in [3.8, 4) is 6.07 Å². The molecule has 0 heterocycles. The van der Waals surface area contributed by atoms with Gasteiger partial charge in [0.15, 0.2) is 0 Å². The molecule has 2 N–H and O–H groups in total. The van der Waals surface area contributed by atoms with E-state index in [1.54, 1.807) is 24.3 Å². The van der Waals surface area contributed by atoms with Gasteiger partial charge in [0.05, 0.1) is 17.7 Å². The van der Waals surface area contributed by atoms with Gasteiger partial charge in [0.1, 0.15) is 0 Å². The summed E-state index contributed by atoms with van der Waals surface area (Å²) in [5.74, 6) is 0.628. The molecule has 2 atom stereocenters. The fraction of sp³-hybridized carbons (Fsp3) is 0.500. The predicted molar refractivity (Wildman–Crippen MR) is 68.4 cm³/mol. The summed E-state index contributed by atoms with van der Waals surface area (Å²) >= 11 is 0. The summed E-state index contributed by atoms with van der Waals surface area (Å²) < 4.78 is 0. The monoisotopic (exact) mass is 232 g/mol. The van der Waals surface area contributed by atoms with Crippen LogP contribution in [0.1, 0.15) is 37.5 Å². The van der Waals surface area contributed by atoms with Gasteiger partial charge >= 0.3 is 0 Å². The number of nitriles is 1. The Bertz CT molecular complexity index is 367. The van der Waals surface area contributed by atoms with Crippen molar-refractivity contribution in [3.63, 3.8) is 0 Å². The molecule has 1 aromatic rings. The highest BCUT2D eigenvalue weighted by Gasteiger charge is 2.07. The van der Waals surface area contributed by atoms with Crippen LogP contribution in [0.2, 0.25) is 0 Å². The van der Waals surface area contributed by atoms with Crippen LogP contribution < -0.4 is 5.32 Å². The SMILES string of the molecule is CCC(C)CNCC(O)c1ccc(C#N)cc1. The Morgan fingerprint density at radius 1 is 1.29 bits per heavy atom. The number of benzene rings is 1. The minimum atomic E-state index is -0.508. The van der Waals surface area contributed by atoms with Gasteiger partial charge in [-0.05, 0) is 30.2 Å². The normalized spacial score (nSPS) is 14.0. The molecule has 0 amide bonds. The summed E-state index contributed by atoms with van der Waals surface area (Å²) in [5.41, 5.74) is 1.47. The van der Waals surface area contributed by atoms with Crippen molar-refractivity contribution in [1.29, 1.82) is 5.26 Å². The van der Waals surface area contributed by atoms with Crippen LogP contribution in [0.15, 0.2) is 24.3 Å². The first kappa shape index (κ1) is 13.7. The Balaban J connectivity index is 2.41. The van der Waals surface area contributed by atoms with Crippen molar-refractivity contribution in [2.24, 2.45) is 5.92 Å². The van der Waals surface area contributed by atoms with E-state index in [4.69, 9.17) is 5.26 Å². The molecule has 1 aromatic carbocycles. The molecule has 0 aromatic heterocycles. The highest BCUT2D eigenvalue weighted by Crippen LogP contribution is 2.12. The molecule has 1 rings (SSSR count). The summed E-state index contributed by atoms with van der Waals surface area (Å²) in [4.78, 5) is 0. The Kier molecular flexibility index (Phi) is 5.68. The topological polar surface area (TPSA) is 56.0 Å². The minimum Gasteiger partial charge on any atom is -0.387 e. The second-order valence-corrected chi connectivity index (χ2v) is 4.42. The molecule has 0 saturated carbocycles. The Hall–Kier alpha value is -1.37. The predicted octanol–water partition coefficient (Wildman–Crippen LogP) is 2.23.